The number of carbonyl (C=O) groups is 1. The molecule has 2 rings (SSSR count). The molecule has 0 radical (unpaired) electrons. The number of aromatic nitrogens is 1. The van der Waals surface area contributed by atoms with Crippen molar-refractivity contribution in [1.82, 2.24) is 4.37 Å². The maximum absolute atomic E-state index is 11.7. The molecule has 0 aliphatic rings. The van der Waals surface area contributed by atoms with Crippen molar-refractivity contribution in [2.45, 2.75) is 13.5 Å². The largest absolute Gasteiger partial charge is 0.444 e. The summed E-state index contributed by atoms with van der Waals surface area (Å²) in [5.74, 6) is 0. The van der Waals surface area contributed by atoms with E-state index >= 15 is 0 Å². The van der Waals surface area contributed by atoms with Gasteiger partial charge in [-0.25, -0.2) is 4.79 Å². The summed E-state index contributed by atoms with van der Waals surface area (Å²) in [5.41, 5.74) is 2.34. The first kappa shape index (κ1) is 14.5. The Hall–Kier alpha value is -0.860. The zero-order valence-corrected chi connectivity index (χ0v) is 13.7. The highest BCUT2D eigenvalue weighted by atomic mass is 127. The number of nitrogens with zero attached hydrogens (tertiary/aromatic N) is 1. The third kappa shape index (κ3) is 4.05. The first-order valence-corrected chi connectivity index (χ1v) is 7.59. The van der Waals surface area contributed by atoms with E-state index in [-0.39, 0.29) is 6.61 Å². The van der Waals surface area contributed by atoms with Gasteiger partial charge in [-0.15, -0.1) is 0 Å². The number of nitrogens with one attached hydrogen (secondary N) is 1. The van der Waals surface area contributed by atoms with Gasteiger partial charge in [0.2, 0.25) is 0 Å². The van der Waals surface area contributed by atoms with Crippen LogP contribution < -0.4 is 5.32 Å². The van der Waals surface area contributed by atoms with Crippen LogP contribution in [0.25, 0.3) is 0 Å². The summed E-state index contributed by atoms with van der Waals surface area (Å²) in [7, 11) is 0. The molecular formula is C12H10ClIN2O2S. The molecule has 0 saturated carbocycles. The quantitative estimate of drug-likeness (QED) is 0.763. The van der Waals surface area contributed by atoms with Crippen molar-refractivity contribution < 1.29 is 9.53 Å². The topological polar surface area (TPSA) is 51.2 Å². The molecule has 1 amide bonds. The number of benzene rings is 1. The number of hydrogen-bond donors (Lipinski definition) is 1. The minimum atomic E-state index is -0.499. The van der Waals surface area contributed by atoms with Gasteiger partial charge in [-0.3, -0.25) is 5.32 Å². The summed E-state index contributed by atoms with van der Waals surface area (Å²) < 4.78 is 10.2. The molecule has 0 atom stereocenters. The fourth-order valence-electron chi connectivity index (χ4n) is 1.40. The van der Waals surface area contributed by atoms with Crippen LogP contribution in [0.15, 0.2) is 24.3 Å². The first-order valence-electron chi connectivity index (χ1n) is 5.36. The van der Waals surface area contributed by atoms with Gasteiger partial charge in [-0.1, -0.05) is 23.7 Å². The lowest BCUT2D eigenvalue weighted by Gasteiger charge is -2.07. The van der Waals surface area contributed by atoms with Crippen LogP contribution in [0.2, 0.25) is 5.02 Å². The van der Waals surface area contributed by atoms with Gasteiger partial charge in [0, 0.05) is 5.02 Å². The first-order chi connectivity index (χ1) is 9.06. The average Bonchev–Trinajstić information content (AvgIpc) is 2.68. The van der Waals surface area contributed by atoms with Crippen molar-refractivity contribution >= 4 is 57.5 Å². The molecule has 4 nitrogen and oxygen atoms in total. The van der Waals surface area contributed by atoms with E-state index in [0.717, 1.165) is 14.1 Å². The summed E-state index contributed by atoms with van der Waals surface area (Å²) in [4.78, 5) is 11.7. The highest BCUT2D eigenvalue weighted by Crippen LogP contribution is 2.26. The smallest absolute Gasteiger partial charge is 0.412 e. The zero-order valence-electron chi connectivity index (χ0n) is 9.94. The fraction of sp³-hybridized carbons (Fsp3) is 0.167. The number of anilines is 1. The van der Waals surface area contributed by atoms with Crippen LogP contribution in [0.3, 0.4) is 0 Å². The zero-order chi connectivity index (χ0) is 13.8. The molecule has 0 spiro atoms. The predicted octanol–water partition coefficient (Wildman–Crippen LogP) is 4.46. The van der Waals surface area contributed by atoms with Crippen LogP contribution in [0, 0.1) is 9.81 Å². The lowest BCUT2D eigenvalue weighted by Crippen LogP contribution is -2.14. The molecule has 1 heterocycles. The van der Waals surface area contributed by atoms with E-state index in [1.807, 2.05) is 19.1 Å². The number of hydrogen-bond acceptors (Lipinski definition) is 4. The summed E-state index contributed by atoms with van der Waals surface area (Å²) >= 11 is 9.32. The molecule has 0 aliphatic heterocycles. The maximum atomic E-state index is 11.7. The van der Waals surface area contributed by atoms with Gasteiger partial charge in [0.1, 0.15) is 9.49 Å². The molecular weight excluding hydrogens is 399 g/mol. The van der Waals surface area contributed by atoms with Crippen molar-refractivity contribution in [3.63, 3.8) is 0 Å². The Morgan fingerprint density at radius 2 is 2.37 bits per heavy atom. The Labute approximate surface area is 133 Å². The number of ether oxygens (including phenoxy) is 1. The highest BCUT2D eigenvalue weighted by Gasteiger charge is 2.12. The normalized spacial score (nSPS) is 10.3. The minimum Gasteiger partial charge on any atom is -0.444 e. The third-order valence-corrected chi connectivity index (χ3v) is 4.40. The Morgan fingerprint density at radius 1 is 1.58 bits per heavy atom. The summed E-state index contributed by atoms with van der Waals surface area (Å²) in [6.07, 6.45) is -0.499. The van der Waals surface area contributed by atoms with Gasteiger partial charge in [-0.2, -0.15) is 4.37 Å². The maximum Gasteiger partial charge on any atom is 0.412 e. The molecule has 1 N–H and O–H groups in total. The van der Waals surface area contributed by atoms with Crippen molar-refractivity contribution in [2.75, 3.05) is 5.32 Å². The number of halogens is 2. The van der Waals surface area contributed by atoms with Crippen LogP contribution in [0.5, 0.6) is 0 Å². The van der Waals surface area contributed by atoms with Crippen LogP contribution in [-0.2, 0) is 11.3 Å². The van der Waals surface area contributed by atoms with Crippen molar-refractivity contribution in [3.05, 3.63) is 43.4 Å². The lowest BCUT2D eigenvalue weighted by atomic mass is 10.2. The van der Waals surface area contributed by atoms with E-state index in [0.29, 0.717) is 10.7 Å². The molecule has 19 heavy (non-hydrogen) atoms. The Balaban J connectivity index is 1.92. The van der Waals surface area contributed by atoms with E-state index < -0.39 is 6.09 Å². The van der Waals surface area contributed by atoms with Crippen LogP contribution in [0.4, 0.5) is 10.5 Å². The molecule has 0 fully saturated rings. The third-order valence-electron chi connectivity index (χ3n) is 2.31. The van der Waals surface area contributed by atoms with E-state index in [1.54, 1.807) is 12.1 Å². The minimum absolute atomic E-state index is 0.180. The highest BCUT2D eigenvalue weighted by molar-refractivity contribution is 14.1. The van der Waals surface area contributed by atoms with E-state index in [2.05, 4.69) is 32.3 Å². The number of rotatable bonds is 3. The number of aryl methyl sites for hydroxylation is 1. The van der Waals surface area contributed by atoms with Crippen molar-refractivity contribution in [1.29, 1.82) is 0 Å². The summed E-state index contributed by atoms with van der Waals surface area (Å²) in [6.45, 7) is 2.02. The lowest BCUT2D eigenvalue weighted by molar-refractivity contribution is 0.155. The molecule has 0 saturated heterocycles. The molecule has 100 valence electrons. The fourth-order valence-corrected chi connectivity index (χ4v) is 3.03. The van der Waals surface area contributed by atoms with Crippen molar-refractivity contribution in [2.24, 2.45) is 0 Å². The standard InChI is InChI=1S/C12H10ClIN2O2S/c1-7-10(11(14)19-16-7)15-12(17)18-6-8-3-2-4-9(13)5-8/h2-5H,6H2,1H3,(H,15,17). The van der Waals surface area contributed by atoms with Gasteiger partial charge in [0.05, 0.1) is 11.4 Å². The molecule has 0 bridgehead atoms. The average molecular weight is 409 g/mol. The van der Waals surface area contributed by atoms with E-state index in [1.165, 1.54) is 11.5 Å². The second kappa shape index (κ2) is 6.53. The van der Waals surface area contributed by atoms with Gasteiger partial charge >= 0.3 is 6.09 Å². The number of amides is 1. The SMILES string of the molecule is Cc1nsc(I)c1NC(=O)OCc1cccc(Cl)c1. The Kier molecular flexibility index (Phi) is 5.00. The van der Waals surface area contributed by atoms with Crippen LogP contribution in [-0.4, -0.2) is 10.5 Å². The predicted molar refractivity (Wildman–Crippen MR) is 84.8 cm³/mol. The molecule has 1 aromatic carbocycles. The Morgan fingerprint density at radius 3 is 3.00 bits per heavy atom. The second-order valence-corrected chi connectivity index (χ2v) is 6.77. The van der Waals surface area contributed by atoms with Crippen LogP contribution in [0.1, 0.15) is 11.3 Å². The molecule has 0 unspecified atom stereocenters. The van der Waals surface area contributed by atoms with Gasteiger partial charge < -0.3 is 4.74 Å². The van der Waals surface area contributed by atoms with Crippen molar-refractivity contribution in [3.8, 4) is 0 Å². The van der Waals surface area contributed by atoms with Gasteiger partial charge in [-0.05, 0) is 58.7 Å². The van der Waals surface area contributed by atoms with E-state index in [9.17, 15) is 4.79 Å². The van der Waals surface area contributed by atoms with E-state index in [4.69, 9.17) is 16.3 Å². The molecule has 1 aromatic heterocycles. The molecule has 0 aliphatic carbocycles. The monoisotopic (exact) mass is 408 g/mol. The van der Waals surface area contributed by atoms with Gasteiger partial charge in [0.15, 0.2) is 0 Å². The Bertz CT molecular complexity index is 584. The van der Waals surface area contributed by atoms with Gasteiger partial charge in [0.25, 0.3) is 0 Å². The summed E-state index contributed by atoms with van der Waals surface area (Å²) in [5, 5.41) is 3.31. The second-order valence-electron chi connectivity index (χ2n) is 3.75. The van der Waals surface area contributed by atoms with Crippen LogP contribution >= 0.6 is 45.7 Å². The number of carbonyl (C=O) groups excluding carboxylic acids is 1. The molecule has 2 aromatic rings. The molecule has 7 heteroatoms. The summed E-state index contributed by atoms with van der Waals surface area (Å²) in [6, 6.07) is 7.19.